The Kier molecular flexibility index (Phi) is 5.26. The smallest absolute Gasteiger partial charge is 0.124 e. The highest BCUT2D eigenvalue weighted by Crippen LogP contribution is 2.29. The van der Waals surface area contributed by atoms with Crippen molar-refractivity contribution in [1.82, 2.24) is 4.90 Å². The predicted octanol–water partition coefficient (Wildman–Crippen LogP) is 1.86. The Morgan fingerprint density at radius 2 is 2.15 bits per heavy atom. The van der Waals surface area contributed by atoms with Gasteiger partial charge in [0, 0.05) is 36.9 Å². The number of hydrogen-bond donors (Lipinski definition) is 1. The minimum Gasteiger partial charge on any atom is -0.493 e. The van der Waals surface area contributed by atoms with Crippen molar-refractivity contribution < 1.29 is 4.74 Å². The molecule has 1 heterocycles. The summed E-state index contributed by atoms with van der Waals surface area (Å²) in [5.74, 6) is 0.988. The molecule has 0 spiro atoms. The summed E-state index contributed by atoms with van der Waals surface area (Å²) in [4.78, 5) is 4.88. The van der Waals surface area contributed by atoms with E-state index in [0.717, 1.165) is 31.8 Å². The lowest BCUT2D eigenvalue weighted by atomic mass is 10.1. The predicted molar refractivity (Wildman–Crippen MR) is 84.7 cm³/mol. The van der Waals surface area contributed by atoms with Crippen LogP contribution in [0.1, 0.15) is 18.9 Å². The second-order valence-electron chi connectivity index (χ2n) is 5.67. The maximum atomic E-state index is 5.84. The number of ether oxygens (including phenoxy) is 1. The minimum atomic E-state index is 0.588. The lowest BCUT2D eigenvalue weighted by molar-refractivity contribution is 0.234. The standard InChI is InChI=1S/C16H27N3O/c1-13-12-19(10-9-18(13)3)15-6-4-7-16(14(15)2)20-11-5-8-17/h4,6-7,13H,5,8-12,17H2,1-3H3. The zero-order valence-electron chi connectivity index (χ0n) is 12.9. The van der Waals surface area contributed by atoms with Gasteiger partial charge in [-0.3, -0.25) is 0 Å². The fraction of sp³-hybridized carbons (Fsp3) is 0.625. The van der Waals surface area contributed by atoms with Crippen molar-refractivity contribution in [3.8, 4) is 5.75 Å². The number of nitrogens with zero attached hydrogens (tertiary/aromatic N) is 2. The summed E-state index contributed by atoms with van der Waals surface area (Å²) < 4.78 is 5.84. The molecule has 0 aliphatic carbocycles. The largest absolute Gasteiger partial charge is 0.493 e. The van der Waals surface area contributed by atoms with E-state index < -0.39 is 0 Å². The molecule has 20 heavy (non-hydrogen) atoms. The van der Waals surface area contributed by atoms with E-state index in [1.165, 1.54) is 11.3 Å². The third kappa shape index (κ3) is 3.44. The molecule has 1 unspecified atom stereocenters. The SMILES string of the molecule is Cc1c(OCCCN)cccc1N1CCN(C)C(C)C1. The van der Waals surface area contributed by atoms with Gasteiger partial charge < -0.3 is 20.3 Å². The molecule has 1 atom stereocenters. The molecule has 0 aromatic heterocycles. The minimum absolute atomic E-state index is 0.588. The van der Waals surface area contributed by atoms with Gasteiger partial charge in [0.1, 0.15) is 5.75 Å². The van der Waals surface area contributed by atoms with Crippen LogP contribution in [-0.4, -0.2) is 50.8 Å². The van der Waals surface area contributed by atoms with Crippen molar-refractivity contribution in [1.29, 1.82) is 0 Å². The maximum Gasteiger partial charge on any atom is 0.124 e. The number of likely N-dealkylation sites (N-methyl/N-ethyl adjacent to an activating group) is 1. The van der Waals surface area contributed by atoms with Crippen LogP contribution in [0.25, 0.3) is 0 Å². The van der Waals surface area contributed by atoms with E-state index in [2.05, 4.69) is 48.9 Å². The molecule has 1 aromatic rings. The number of anilines is 1. The second kappa shape index (κ2) is 6.95. The second-order valence-corrected chi connectivity index (χ2v) is 5.67. The summed E-state index contributed by atoms with van der Waals surface area (Å²) in [6.45, 7) is 9.06. The Hall–Kier alpha value is -1.26. The highest BCUT2D eigenvalue weighted by atomic mass is 16.5. The van der Waals surface area contributed by atoms with Crippen LogP contribution in [0.4, 0.5) is 5.69 Å². The van der Waals surface area contributed by atoms with Crippen molar-refractivity contribution in [3.63, 3.8) is 0 Å². The number of rotatable bonds is 5. The van der Waals surface area contributed by atoms with E-state index >= 15 is 0 Å². The quantitative estimate of drug-likeness (QED) is 0.834. The van der Waals surface area contributed by atoms with Crippen LogP contribution in [0.3, 0.4) is 0 Å². The molecule has 0 bridgehead atoms. The molecule has 0 amide bonds. The third-order valence-corrected chi connectivity index (χ3v) is 4.16. The molecule has 0 saturated carbocycles. The van der Waals surface area contributed by atoms with Gasteiger partial charge in [-0.15, -0.1) is 0 Å². The van der Waals surface area contributed by atoms with Gasteiger partial charge in [0.05, 0.1) is 6.61 Å². The summed E-state index contributed by atoms with van der Waals surface area (Å²) in [6.07, 6.45) is 0.898. The summed E-state index contributed by atoms with van der Waals surface area (Å²) >= 11 is 0. The van der Waals surface area contributed by atoms with E-state index in [4.69, 9.17) is 10.5 Å². The molecule has 1 aromatic carbocycles. The van der Waals surface area contributed by atoms with Crippen molar-refractivity contribution >= 4 is 5.69 Å². The molecule has 1 fully saturated rings. The van der Waals surface area contributed by atoms with Crippen LogP contribution in [0, 0.1) is 6.92 Å². The molecule has 4 heteroatoms. The lowest BCUT2D eigenvalue weighted by Crippen LogP contribution is -2.50. The highest BCUT2D eigenvalue weighted by Gasteiger charge is 2.22. The van der Waals surface area contributed by atoms with Crippen LogP contribution < -0.4 is 15.4 Å². The van der Waals surface area contributed by atoms with E-state index in [1.54, 1.807) is 0 Å². The first-order chi connectivity index (χ1) is 9.63. The van der Waals surface area contributed by atoms with Crippen molar-refractivity contribution in [2.45, 2.75) is 26.3 Å². The van der Waals surface area contributed by atoms with Gasteiger partial charge in [-0.25, -0.2) is 0 Å². The summed E-state index contributed by atoms with van der Waals surface area (Å²) in [6, 6.07) is 6.92. The van der Waals surface area contributed by atoms with E-state index in [0.29, 0.717) is 19.2 Å². The Labute approximate surface area is 122 Å². The van der Waals surface area contributed by atoms with E-state index in [-0.39, 0.29) is 0 Å². The topological polar surface area (TPSA) is 41.7 Å². The van der Waals surface area contributed by atoms with Crippen molar-refractivity contribution in [3.05, 3.63) is 23.8 Å². The first-order valence-electron chi connectivity index (χ1n) is 7.51. The van der Waals surface area contributed by atoms with Gasteiger partial charge in [0.2, 0.25) is 0 Å². The van der Waals surface area contributed by atoms with Gasteiger partial charge >= 0.3 is 0 Å². The zero-order chi connectivity index (χ0) is 14.5. The van der Waals surface area contributed by atoms with E-state index in [1.807, 2.05) is 0 Å². The number of piperazine rings is 1. The maximum absolute atomic E-state index is 5.84. The molecule has 2 N–H and O–H groups in total. The lowest BCUT2D eigenvalue weighted by Gasteiger charge is -2.39. The summed E-state index contributed by atoms with van der Waals surface area (Å²) in [7, 11) is 2.20. The average Bonchev–Trinajstić information content (AvgIpc) is 2.44. The molecule has 4 nitrogen and oxygen atoms in total. The molecular formula is C16H27N3O. The fourth-order valence-electron chi connectivity index (χ4n) is 2.63. The molecule has 0 radical (unpaired) electrons. The monoisotopic (exact) mass is 277 g/mol. The van der Waals surface area contributed by atoms with Crippen LogP contribution in [0.2, 0.25) is 0 Å². The van der Waals surface area contributed by atoms with Gasteiger partial charge in [-0.1, -0.05) is 6.07 Å². The van der Waals surface area contributed by atoms with Crippen molar-refractivity contribution in [2.24, 2.45) is 5.73 Å². The van der Waals surface area contributed by atoms with Crippen LogP contribution >= 0.6 is 0 Å². The molecule has 112 valence electrons. The Morgan fingerprint density at radius 3 is 2.85 bits per heavy atom. The number of benzene rings is 1. The molecular weight excluding hydrogens is 250 g/mol. The molecule has 2 rings (SSSR count). The van der Waals surface area contributed by atoms with Crippen LogP contribution in [-0.2, 0) is 0 Å². The summed E-state index contributed by atoms with van der Waals surface area (Å²) in [5.41, 5.74) is 8.05. The molecule has 1 aliphatic heterocycles. The average molecular weight is 277 g/mol. The Balaban J connectivity index is 2.10. The summed E-state index contributed by atoms with van der Waals surface area (Å²) in [5, 5.41) is 0. The first-order valence-corrected chi connectivity index (χ1v) is 7.51. The Morgan fingerprint density at radius 1 is 1.35 bits per heavy atom. The zero-order valence-corrected chi connectivity index (χ0v) is 12.9. The Bertz CT molecular complexity index is 436. The van der Waals surface area contributed by atoms with Crippen LogP contribution in [0.15, 0.2) is 18.2 Å². The van der Waals surface area contributed by atoms with Gasteiger partial charge in [-0.05, 0) is 46.0 Å². The third-order valence-electron chi connectivity index (χ3n) is 4.16. The number of nitrogens with two attached hydrogens (primary N) is 1. The molecule has 1 aliphatic rings. The van der Waals surface area contributed by atoms with Gasteiger partial charge in [0.15, 0.2) is 0 Å². The van der Waals surface area contributed by atoms with Gasteiger partial charge in [0.25, 0.3) is 0 Å². The number of hydrogen-bond acceptors (Lipinski definition) is 4. The fourth-order valence-corrected chi connectivity index (χ4v) is 2.63. The normalized spacial score (nSPS) is 20.2. The highest BCUT2D eigenvalue weighted by molar-refractivity contribution is 5.59. The van der Waals surface area contributed by atoms with Gasteiger partial charge in [-0.2, -0.15) is 0 Å². The first kappa shape index (κ1) is 15.1. The molecule has 1 saturated heterocycles. The van der Waals surface area contributed by atoms with E-state index in [9.17, 15) is 0 Å². The van der Waals surface area contributed by atoms with Crippen LogP contribution in [0.5, 0.6) is 5.75 Å². The van der Waals surface area contributed by atoms with Crippen molar-refractivity contribution in [2.75, 3.05) is 44.7 Å².